The van der Waals surface area contributed by atoms with E-state index in [1.807, 2.05) is 0 Å². The van der Waals surface area contributed by atoms with Gasteiger partial charge in [-0.25, -0.2) is 0 Å². The van der Waals surface area contributed by atoms with Gasteiger partial charge in [0.15, 0.2) is 0 Å². The fourth-order valence-corrected chi connectivity index (χ4v) is 9.81. The second-order valence-electron chi connectivity index (χ2n) is 15.3. The monoisotopic (exact) mass is 601 g/mol. The van der Waals surface area contributed by atoms with Crippen LogP contribution in [-0.2, 0) is 14.3 Å². The molecule has 0 aromatic rings. The summed E-state index contributed by atoms with van der Waals surface area (Å²) in [6, 6.07) is 1.58. The van der Waals surface area contributed by atoms with Crippen molar-refractivity contribution in [2.45, 2.75) is 122 Å². The van der Waals surface area contributed by atoms with Gasteiger partial charge in [0.2, 0.25) is 11.8 Å². The standard InChI is InChI=1S/C35H63N5O3/c1-5-40(30-12-10-29(36)11-13-30)33-20-28(27-8-6-26(7-9-27)22-39-14-16-43-17-15-39)19-31(25(33)4)34(41)37-21-32-23(2)18-24(3)38-35(32)42/h23-33H,5-22,36H2,1-4H3,(H,37,41)(H,38,42). The molecule has 8 heteroatoms. The van der Waals surface area contributed by atoms with Crippen LogP contribution in [0, 0.1) is 41.4 Å². The maximum absolute atomic E-state index is 14.0. The maximum atomic E-state index is 14.0. The first-order valence-corrected chi connectivity index (χ1v) is 18.1. The summed E-state index contributed by atoms with van der Waals surface area (Å²) in [4.78, 5) is 32.2. The topological polar surface area (TPSA) is 99.9 Å². The highest BCUT2D eigenvalue weighted by atomic mass is 16.5. The van der Waals surface area contributed by atoms with Gasteiger partial charge in [0.1, 0.15) is 0 Å². The number of carbonyl (C=O) groups excluding carboxylic acids is 2. The highest BCUT2D eigenvalue weighted by Gasteiger charge is 2.45. The van der Waals surface area contributed by atoms with Crippen LogP contribution in [0.2, 0.25) is 0 Å². The largest absolute Gasteiger partial charge is 0.379 e. The number of piperidine rings is 1. The Morgan fingerprint density at radius 2 is 1.67 bits per heavy atom. The van der Waals surface area contributed by atoms with Crippen LogP contribution in [0.3, 0.4) is 0 Å². The summed E-state index contributed by atoms with van der Waals surface area (Å²) in [5, 5.41) is 6.42. The van der Waals surface area contributed by atoms with Crippen LogP contribution < -0.4 is 16.4 Å². The molecule has 2 heterocycles. The van der Waals surface area contributed by atoms with E-state index in [-0.39, 0.29) is 35.6 Å². The van der Waals surface area contributed by atoms with Gasteiger partial charge in [-0.05, 0) is 114 Å². The van der Waals surface area contributed by atoms with Gasteiger partial charge >= 0.3 is 0 Å². The predicted octanol–water partition coefficient (Wildman–Crippen LogP) is 4.02. The molecule has 0 aromatic heterocycles. The zero-order chi connectivity index (χ0) is 30.5. The summed E-state index contributed by atoms with van der Waals surface area (Å²) in [6.07, 6.45) is 13.0. The van der Waals surface area contributed by atoms with E-state index in [0.29, 0.717) is 36.5 Å². The number of rotatable bonds is 9. The fraction of sp³-hybridized carbons (Fsp3) is 0.943. The molecular formula is C35H63N5O3. The molecule has 0 bridgehead atoms. The van der Waals surface area contributed by atoms with Gasteiger partial charge in [-0.1, -0.05) is 20.8 Å². The number of carbonyl (C=O) groups is 2. The molecule has 8 nitrogen and oxygen atoms in total. The number of nitrogens with zero attached hydrogens (tertiary/aromatic N) is 2. The molecule has 0 radical (unpaired) electrons. The number of ether oxygens (including phenoxy) is 1. The minimum Gasteiger partial charge on any atom is -0.379 e. The minimum atomic E-state index is -0.133. The van der Waals surface area contributed by atoms with Crippen LogP contribution >= 0.6 is 0 Å². The molecule has 4 N–H and O–H groups in total. The Kier molecular flexibility index (Phi) is 11.9. The Labute approximate surface area is 262 Å². The smallest absolute Gasteiger partial charge is 0.225 e. The molecule has 0 spiro atoms. The van der Waals surface area contributed by atoms with Gasteiger partial charge in [-0.15, -0.1) is 0 Å². The van der Waals surface area contributed by atoms with Gasteiger partial charge in [0, 0.05) is 56.3 Å². The molecule has 5 fully saturated rings. The van der Waals surface area contributed by atoms with Crippen molar-refractivity contribution in [3.05, 3.63) is 0 Å². The summed E-state index contributed by atoms with van der Waals surface area (Å²) >= 11 is 0. The summed E-state index contributed by atoms with van der Waals surface area (Å²) in [5.74, 6) is 2.87. The second kappa shape index (κ2) is 15.4. The predicted molar refractivity (Wildman–Crippen MR) is 172 cm³/mol. The Bertz CT molecular complexity index is 896. The number of hydrogen-bond acceptors (Lipinski definition) is 6. The zero-order valence-electron chi connectivity index (χ0n) is 27.8. The Hall–Kier alpha value is -1.22. The van der Waals surface area contributed by atoms with Crippen LogP contribution in [0.4, 0.5) is 0 Å². The van der Waals surface area contributed by atoms with E-state index in [0.717, 1.165) is 70.4 Å². The maximum Gasteiger partial charge on any atom is 0.225 e. The lowest BCUT2D eigenvalue weighted by molar-refractivity contribution is -0.133. The quantitative estimate of drug-likeness (QED) is 0.369. The summed E-state index contributed by atoms with van der Waals surface area (Å²) < 4.78 is 5.57. The van der Waals surface area contributed by atoms with E-state index in [2.05, 4.69) is 48.1 Å². The fourth-order valence-electron chi connectivity index (χ4n) is 9.81. The molecule has 7 unspecified atom stereocenters. The van der Waals surface area contributed by atoms with Crippen molar-refractivity contribution < 1.29 is 14.3 Å². The molecule has 2 amide bonds. The average Bonchev–Trinajstić information content (AvgIpc) is 2.99. The van der Waals surface area contributed by atoms with Crippen molar-refractivity contribution in [2.24, 2.45) is 47.2 Å². The van der Waals surface area contributed by atoms with Crippen LogP contribution in [0.5, 0.6) is 0 Å². The molecule has 5 rings (SSSR count). The molecule has 3 aliphatic carbocycles. The first-order chi connectivity index (χ1) is 20.7. The molecule has 3 saturated carbocycles. The van der Waals surface area contributed by atoms with Crippen LogP contribution in [0.1, 0.15) is 98.3 Å². The highest BCUT2D eigenvalue weighted by Crippen LogP contribution is 2.46. The third kappa shape index (κ3) is 8.33. The van der Waals surface area contributed by atoms with Gasteiger partial charge in [-0.2, -0.15) is 0 Å². The third-order valence-electron chi connectivity index (χ3n) is 12.5. The minimum absolute atomic E-state index is 0.00982. The summed E-state index contributed by atoms with van der Waals surface area (Å²) in [6.45, 7) is 15.5. The van der Waals surface area contributed by atoms with Crippen LogP contribution in [0.25, 0.3) is 0 Å². The number of hydrogen-bond donors (Lipinski definition) is 3. The van der Waals surface area contributed by atoms with Gasteiger partial charge < -0.3 is 21.1 Å². The van der Waals surface area contributed by atoms with Gasteiger partial charge in [0.25, 0.3) is 0 Å². The summed E-state index contributed by atoms with van der Waals surface area (Å²) in [7, 11) is 0. The van der Waals surface area contributed by atoms with E-state index >= 15 is 0 Å². The van der Waals surface area contributed by atoms with Crippen molar-refractivity contribution in [2.75, 3.05) is 45.9 Å². The lowest BCUT2D eigenvalue weighted by Gasteiger charge is -2.50. The van der Waals surface area contributed by atoms with E-state index in [1.54, 1.807) is 0 Å². The van der Waals surface area contributed by atoms with Crippen molar-refractivity contribution in [3.8, 4) is 0 Å². The molecule has 246 valence electrons. The normalized spacial score (nSPS) is 41.5. The molecule has 5 aliphatic rings. The van der Waals surface area contributed by atoms with Crippen molar-refractivity contribution in [3.63, 3.8) is 0 Å². The van der Waals surface area contributed by atoms with Crippen LogP contribution in [-0.4, -0.2) is 91.7 Å². The van der Waals surface area contributed by atoms with Crippen molar-refractivity contribution in [1.82, 2.24) is 20.4 Å². The third-order valence-corrected chi connectivity index (χ3v) is 12.5. The number of nitrogens with two attached hydrogens (primary N) is 1. The second-order valence-corrected chi connectivity index (χ2v) is 15.3. The number of nitrogens with one attached hydrogen (secondary N) is 2. The lowest BCUT2D eigenvalue weighted by Crippen LogP contribution is -2.56. The molecule has 0 aromatic carbocycles. The summed E-state index contributed by atoms with van der Waals surface area (Å²) in [5.41, 5.74) is 6.31. The van der Waals surface area contributed by atoms with E-state index in [9.17, 15) is 9.59 Å². The molecule has 43 heavy (non-hydrogen) atoms. The lowest BCUT2D eigenvalue weighted by atomic mass is 9.63. The van der Waals surface area contributed by atoms with Crippen molar-refractivity contribution >= 4 is 11.8 Å². The van der Waals surface area contributed by atoms with E-state index in [1.165, 1.54) is 51.5 Å². The number of morpholine rings is 1. The zero-order valence-corrected chi connectivity index (χ0v) is 27.8. The highest BCUT2D eigenvalue weighted by molar-refractivity contribution is 5.83. The van der Waals surface area contributed by atoms with Crippen molar-refractivity contribution in [1.29, 1.82) is 0 Å². The van der Waals surface area contributed by atoms with Gasteiger partial charge in [0.05, 0.1) is 19.1 Å². The van der Waals surface area contributed by atoms with E-state index in [4.69, 9.17) is 10.5 Å². The first kappa shape index (κ1) is 33.2. The molecule has 7 atom stereocenters. The van der Waals surface area contributed by atoms with Gasteiger partial charge in [-0.3, -0.25) is 19.4 Å². The SMILES string of the molecule is CCN(C1CCC(N)CC1)C1CC(C2CCC(CN3CCOCC3)CC2)CC(C(=O)NCC2C(=O)NC(C)CC2C)C1C. The Morgan fingerprint density at radius 1 is 0.977 bits per heavy atom. The number of amides is 2. The average molecular weight is 602 g/mol. The van der Waals surface area contributed by atoms with E-state index < -0.39 is 0 Å². The molecule has 2 saturated heterocycles. The molecule has 2 aliphatic heterocycles. The molecular weight excluding hydrogens is 538 g/mol. The Morgan fingerprint density at radius 3 is 2.33 bits per heavy atom. The Balaban J connectivity index is 1.25. The van der Waals surface area contributed by atoms with Crippen LogP contribution in [0.15, 0.2) is 0 Å². The first-order valence-electron chi connectivity index (χ1n) is 18.1.